The van der Waals surface area contributed by atoms with Crippen LogP contribution in [-0.4, -0.2) is 11.5 Å². The summed E-state index contributed by atoms with van der Waals surface area (Å²) in [5.74, 6) is 0.856. The lowest BCUT2D eigenvalue weighted by Crippen LogP contribution is -2.19. The number of aryl methyl sites for hydroxylation is 1. The van der Waals surface area contributed by atoms with Crippen molar-refractivity contribution in [1.82, 2.24) is 4.98 Å². The second-order valence-corrected chi connectivity index (χ2v) is 4.76. The van der Waals surface area contributed by atoms with E-state index in [2.05, 4.69) is 34.8 Å². The van der Waals surface area contributed by atoms with E-state index in [1.54, 1.807) is 0 Å². The van der Waals surface area contributed by atoms with E-state index in [4.69, 9.17) is 5.73 Å². The minimum Gasteiger partial charge on any atom is -0.330 e. The number of aromatic nitrogens is 1. The smallest absolute Gasteiger partial charge is 0.0594 e. The molecular formula is C11H17BrN2. The molecule has 0 aliphatic heterocycles. The van der Waals surface area contributed by atoms with Gasteiger partial charge in [-0.05, 0) is 40.9 Å². The quantitative estimate of drug-likeness (QED) is 0.904. The Morgan fingerprint density at radius 2 is 2.07 bits per heavy atom. The number of nitrogens with zero attached hydrogens (tertiary/aromatic N) is 1. The SMILES string of the molecule is Cc1ccc(Br)c(C(CN)C(C)C)n1. The Morgan fingerprint density at radius 1 is 1.43 bits per heavy atom. The van der Waals surface area contributed by atoms with E-state index < -0.39 is 0 Å². The molecule has 0 aliphatic rings. The molecule has 3 heteroatoms. The number of pyridine rings is 1. The van der Waals surface area contributed by atoms with Gasteiger partial charge in [0.1, 0.15) is 0 Å². The van der Waals surface area contributed by atoms with Crippen LogP contribution in [0, 0.1) is 12.8 Å². The molecule has 0 aliphatic carbocycles. The minimum atomic E-state index is 0.337. The second kappa shape index (κ2) is 4.89. The van der Waals surface area contributed by atoms with Crippen LogP contribution in [0.4, 0.5) is 0 Å². The van der Waals surface area contributed by atoms with Crippen molar-refractivity contribution >= 4 is 15.9 Å². The summed E-state index contributed by atoms with van der Waals surface area (Å²) in [7, 11) is 0. The maximum atomic E-state index is 5.76. The van der Waals surface area contributed by atoms with Gasteiger partial charge in [0.2, 0.25) is 0 Å². The fraction of sp³-hybridized carbons (Fsp3) is 0.545. The first-order chi connectivity index (χ1) is 6.56. The van der Waals surface area contributed by atoms with Crippen LogP contribution in [0.2, 0.25) is 0 Å². The van der Waals surface area contributed by atoms with E-state index >= 15 is 0 Å². The van der Waals surface area contributed by atoms with E-state index in [0.29, 0.717) is 18.4 Å². The number of rotatable bonds is 3. The van der Waals surface area contributed by atoms with Crippen molar-refractivity contribution in [3.05, 3.63) is 28.0 Å². The lowest BCUT2D eigenvalue weighted by molar-refractivity contribution is 0.493. The molecule has 0 saturated heterocycles. The van der Waals surface area contributed by atoms with Crippen LogP contribution in [0.15, 0.2) is 16.6 Å². The van der Waals surface area contributed by atoms with Gasteiger partial charge >= 0.3 is 0 Å². The number of nitrogens with two attached hydrogens (primary N) is 1. The van der Waals surface area contributed by atoms with E-state index in [0.717, 1.165) is 15.9 Å². The van der Waals surface area contributed by atoms with Crippen molar-refractivity contribution in [2.24, 2.45) is 11.7 Å². The molecule has 1 rings (SSSR count). The largest absolute Gasteiger partial charge is 0.330 e. The van der Waals surface area contributed by atoms with E-state index in [1.807, 2.05) is 19.1 Å². The molecule has 2 nitrogen and oxygen atoms in total. The Bertz CT molecular complexity index is 310. The summed E-state index contributed by atoms with van der Waals surface area (Å²) in [5, 5.41) is 0. The third-order valence-electron chi connectivity index (χ3n) is 2.42. The highest BCUT2D eigenvalue weighted by Crippen LogP contribution is 2.28. The van der Waals surface area contributed by atoms with Crippen molar-refractivity contribution in [3.63, 3.8) is 0 Å². The molecule has 0 fully saturated rings. The van der Waals surface area contributed by atoms with Gasteiger partial charge in [-0.1, -0.05) is 13.8 Å². The van der Waals surface area contributed by atoms with Crippen LogP contribution in [0.5, 0.6) is 0 Å². The molecule has 0 saturated carbocycles. The van der Waals surface area contributed by atoms with Crippen LogP contribution in [0.25, 0.3) is 0 Å². The summed E-state index contributed by atoms with van der Waals surface area (Å²) in [6.45, 7) is 7.00. The van der Waals surface area contributed by atoms with Gasteiger partial charge < -0.3 is 5.73 Å². The van der Waals surface area contributed by atoms with Crippen molar-refractivity contribution in [2.45, 2.75) is 26.7 Å². The average molecular weight is 257 g/mol. The average Bonchev–Trinajstić information content (AvgIpc) is 2.11. The molecular weight excluding hydrogens is 240 g/mol. The Labute approximate surface area is 94.0 Å². The Hall–Kier alpha value is -0.410. The third-order valence-corrected chi connectivity index (χ3v) is 3.09. The highest BCUT2D eigenvalue weighted by molar-refractivity contribution is 9.10. The molecule has 0 amide bonds. The van der Waals surface area contributed by atoms with Crippen LogP contribution >= 0.6 is 15.9 Å². The van der Waals surface area contributed by atoms with Gasteiger partial charge in [-0.2, -0.15) is 0 Å². The summed E-state index contributed by atoms with van der Waals surface area (Å²) in [4.78, 5) is 4.54. The molecule has 0 spiro atoms. The molecule has 2 N–H and O–H groups in total. The van der Waals surface area contributed by atoms with E-state index in [1.165, 1.54) is 0 Å². The molecule has 1 heterocycles. The first-order valence-corrected chi connectivity index (χ1v) is 5.68. The van der Waals surface area contributed by atoms with Crippen LogP contribution in [-0.2, 0) is 0 Å². The van der Waals surface area contributed by atoms with Crippen molar-refractivity contribution in [2.75, 3.05) is 6.54 Å². The van der Waals surface area contributed by atoms with Crippen LogP contribution in [0.1, 0.15) is 31.2 Å². The predicted molar refractivity (Wildman–Crippen MR) is 63.3 cm³/mol. The summed E-state index contributed by atoms with van der Waals surface area (Å²) >= 11 is 3.52. The first-order valence-electron chi connectivity index (χ1n) is 4.89. The van der Waals surface area contributed by atoms with Crippen LogP contribution in [0.3, 0.4) is 0 Å². The molecule has 14 heavy (non-hydrogen) atoms. The first kappa shape index (κ1) is 11.7. The summed E-state index contributed by atoms with van der Waals surface area (Å²) < 4.78 is 1.06. The number of hydrogen-bond donors (Lipinski definition) is 1. The topological polar surface area (TPSA) is 38.9 Å². The molecule has 1 unspecified atom stereocenters. The molecule has 78 valence electrons. The number of halogens is 1. The Balaban J connectivity index is 3.08. The van der Waals surface area contributed by atoms with Gasteiger partial charge in [-0.3, -0.25) is 4.98 Å². The molecule has 1 atom stereocenters. The Morgan fingerprint density at radius 3 is 2.57 bits per heavy atom. The Kier molecular flexibility index (Phi) is 4.08. The zero-order valence-electron chi connectivity index (χ0n) is 8.92. The van der Waals surface area contributed by atoms with Gasteiger partial charge in [0, 0.05) is 22.6 Å². The third kappa shape index (κ3) is 2.55. The summed E-state index contributed by atoms with van der Waals surface area (Å²) in [6, 6.07) is 4.05. The minimum absolute atomic E-state index is 0.337. The van der Waals surface area contributed by atoms with Crippen molar-refractivity contribution in [1.29, 1.82) is 0 Å². The molecule has 0 bridgehead atoms. The van der Waals surface area contributed by atoms with Gasteiger partial charge in [-0.15, -0.1) is 0 Å². The monoisotopic (exact) mass is 256 g/mol. The molecule has 0 aromatic carbocycles. The number of hydrogen-bond acceptors (Lipinski definition) is 2. The van der Waals surface area contributed by atoms with Crippen molar-refractivity contribution < 1.29 is 0 Å². The normalized spacial score (nSPS) is 13.3. The standard InChI is InChI=1S/C11H17BrN2/c1-7(2)9(6-13)11-10(12)5-4-8(3)14-11/h4-5,7,9H,6,13H2,1-3H3. The second-order valence-electron chi connectivity index (χ2n) is 3.91. The fourth-order valence-electron chi connectivity index (χ4n) is 1.52. The van der Waals surface area contributed by atoms with E-state index in [-0.39, 0.29) is 0 Å². The highest BCUT2D eigenvalue weighted by atomic mass is 79.9. The van der Waals surface area contributed by atoms with Crippen molar-refractivity contribution in [3.8, 4) is 0 Å². The molecule has 0 radical (unpaired) electrons. The zero-order chi connectivity index (χ0) is 10.7. The fourth-order valence-corrected chi connectivity index (χ4v) is 2.03. The van der Waals surface area contributed by atoms with E-state index in [9.17, 15) is 0 Å². The van der Waals surface area contributed by atoms with Gasteiger partial charge in [0.05, 0.1) is 5.69 Å². The summed E-state index contributed by atoms with van der Waals surface area (Å²) in [6.07, 6.45) is 0. The van der Waals surface area contributed by atoms with Gasteiger partial charge in [-0.25, -0.2) is 0 Å². The van der Waals surface area contributed by atoms with Gasteiger partial charge in [0.15, 0.2) is 0 Å². The maximum absolute atomic E-state index is 5.76. The highest BCUT2D eigenvalue weighted by Gasteiger charge is 2.18. The lowest BCUT2D eigenvalue weighted by Gasteiger charge is -2.19. The molecule has 1 aromatic heterocycles. The van der Waals surface area contributed by atoms with Gasteiger partial charge in [0.25, 0.3) is 0 Å². The maximum Gasteiger partial charge on any atom is 0.0594 e. The predicted octanol–water partition coefficient (Wildman–Crippen LogP) is 2.85. The summed E-state index contributed by atoms with van der Waals surface area (Å²) in [5.41, 5.74) is 7.89. The van der Waals surface area contributed by atoms with Crippen LogP contribution < -0.4 is 5.73 Å². The zero-order valence-corrected chi connectivity index (χ0v) is 10.5. The lowest BCUT2D eigenvalue weighted by atomic mass is 9.92. The molecule has 1 aromatic rings.